The van der Waals surface area contributed by atoms with E-state index in [0.717, 1.165) is 29.5 Å². The van der Waals surface area contributed by atoms with Gasteiger partial charge in [0.05, 0.1) is 6.10 Å². The Hall–Kier alpha value is -2.50. The van der Waals surface area contributed by atoms with Gasteiger partial charge in [0.1, 0.15) is 0 Å². The van der Waals surface area contributed by atoms with Crippen molar-refractivity contribution in [2.75, 3.05) is 0 Å². The molecular weight excluding hydrogens is 326 g/mol. The van der Waals surface area contributed by atoms with Crippen LogP contribution in [0.1, 0.15) is 48.8 Å². The molecule has 5 heteroatoms. The molecule has 1 aliphatic rings. The topological polar surface area (TPSA) is 74.2 Å². The predicted octanol–water partition coefficient (Wildman–Crippen LogP) is 4.24. The molecule has 2 aromatic carbocycles. The maximum absolute atomic E-state index is 6.36. The SMILES string of the molecule is NCc1ccc(-c2noc(C(OC3CCCC3)c3ccccc3)n2)cc1. The Morgan fingerprint density at radius 1 is 1.04 bits per heavy atom. The van der Waals surface area contributed by atoms with E-state index in [1.807, 2.05) is 54.6 Å². The molecule has 1 unspecified atom stereocenters. The summed E-state index contributed by atoms with van der Waals surface area (Å²) in [5.41, 5.74) is 8.67. The van der Waals surface area contributed by atoms with Crippen molar-refractivity contribution in [3.8, 4) is 11.4 Å². The zero-order valence-corrected chi connectivity index (χ0v) is 14.7. The van der Waals surface area contributed by atoms with Crippen LogP contribution in [0.25, 0.3) is 11.4 Å². The fraction of sp³-hybridized carbons (Fsp3) is 0.333. The summed E-state index contributed by atoms with van der Waals surface area (Å²) in [6.45, 7) is 0.517. The summed E-state index contributed by atoms with van der Waals surface area (Å²) in [6, 6.07) is 18.0. The molecule has 5 nitrogen and oxygen atoms in total. The second-order valence-electron chi connectivity index (χ2n) is 6.69. The molecule has 1 heterocycles. The Kier molecular flexibility index (Phi) is 5.09. The molecule has 0 bridgehead atoms. The van der Waals surface area contributed by atoms with Crippen LogP contribution in [0.4, 0.5) is 0 Å². The van der Waals surface area contributed by atoms with E-state index in [-0.39, 0.29) is 12.2 Å². The van der Waals surface area contributed by atoms with Crippen molar-refractivity contribution in [2.45, 2.75) is 44.4 Å². The fourth-order valence-corrected chi connectivity index (χ4v) is 3.37. The number of rotatable bonds is 6. The molecule has 2 N–H and O–H groups in total. The normalized spacial score (nSPS) is 16.0. The monoisotopic (exact) mass is 349 g/mol. The fourth-order valence-electron chi connectivity index (χ4n) is 3.37. The summed E-state index contributed by atoms with van der Waals surface area (Å²) in [5.74, 6) is 1.07. The largest absolute Gasteiger partial charge is 0.360 e. The van der Waals surface area contributed by atoms with Gasteiger partial charge in [0.25, 0.3) is 5.89 Å². The molecule has 4 rings (SSSR count). The van der Waals surface area contributed by atoms with Gasteiger partial charge in [-0.25, -0.2) is 0 Å². The van der Waals surface area contributed by atoms with Gasteiger partial charge < -0.3 is 15.0 Å². The zero-order chi connectivity index (χ0) is 17.8. The van der Waals surface area contributed by atoms with Crippen molar-refractivity contribution >= 4 is 0 Å². The molecule has 1 fully saturated rings. The van der Waals surface area contributed by atoms with Crippen LogP contribution in [0.2, 0.25) is 0 Å². The van der Waals surface area contributed by atoms with Gasteiger partial charge in [0, 0.05) is 12.1 Å². The molecule has 1 saturated carbocycles. The lowest BCUT2D eigenvalue weighted by atomic mass is 10.1. The summed E-state index contributed by atoms with van der Waals surface area (Å²) < 4.78 is 11.9. The van der Waals surface area contributed by atoms with Crippen LogP contribution in [0.3, 0.4) is 0 Å². The maximum atomic E-state index is 6.36. The molecular formula is C21H23N3O2. The molecule has 0 radical (unpaired) electrons. The lowest BCUT2D eigenvalue weighted by Crippen LogP contribution is -2.15. The first-order valence-corrected chi connectivity index (χ1v) is 9.17. The quantitative estimate of drug-likeness (QED) is 0.720. The van der Waals surface area contributed by atoms with Crippen LogP contribution in [0, 0.1) is 0 Å². The van der Waals surface area contributed by atoms with Crippen molar-refractivity contribution in [1.82, 2.24) is 10.1 Å². The zero-order valence-electron chi connectivity index (χ0n) is 14.7. The molecule has 0 amide bonds. The minimum atomic E-state index is -0.330. The van der Waals surface area contributed by atoms with Crippen molar-refractivity contribution in [1.29, 1.82) is 0 Å². The summed E-state index contributed by atoms with van der Waals surface area (Å²) in [4.78, 5) is 4.62. The Morgan fingerprint density at radius 2 is 1.77 bits per heavy atom. The minimum absolute atomic E-state index is 0.249. The van der Waals surface area contributed by atoms with Crippen LogP contribution in [0.15, 0.2) is 59.1 Å². The third kappa shape index (κ3) is 3.69. The Balaban J connectivity index is 1.61. The standard InChI is InChI=1S/C21H23N3O2/c22-14-15-10-12-17(13-11-15)20-23-21(26-24-20)19(16-6-2-1-3-7-16)25-18-8-4-5-9-18/h1-3,6-7,10-13,18-19H,4-5,8-9,14,22H2. The molecule has 1 atom stereocenters. The van der Waals surface area contributed by atoms with E-state index in [1.54, 1.807) is 0 Å². The van der Waals surface area contributed by atoms with Gasteiger partial charge in [-0.3, -0.25) is 0 Å². The number of benzene rings is 2. The van der Waals surface area contributed by atoms with Crippen molar-refractivity contribution < 1.29 is 9.26 Å². The molecule has 3 aromatic rings. The number of hydrogen-bond donors (Lipinski definition) is 1. The average molecular weight is 349 g/mol. The average Bonchev–Trinajstić information content (AvgIpc) is 3.39. The van der Waals surface area contributed by atoms with Crippen molar-refractivity contribution in [3.05, 3.63) is 71.6 Å². The van der Waals surface area contributed by atoms with Gasteiger partial charge in [-0.1, -0.05) is 72.6 Å². The highest BCUT2D eigenvalue weighted by molar-refractivity contribution is 5.54. The summed E-state index contributed by atoms with van der Waals surface area (Å²) in [6.07, 6.45) is 4.53. The second-order valence-corrected chi connectivity index (χ2v) is 6.69. The van der Waals surface area contributed by atoms with E-state index >= 15 is 0 Å². The van der Waals surface area contributed by atoms with Crippen LogP contribution < -0.4 is 5.73 Å². The van der Waals surface area contributed by atoms with Crippen molar-refractivity contribution in [2.24, 2.45) is 5.73 Å². The molecule has 0 aliphatic heterocycles. The van der Waals surface area contributed by atoms with Gasteiger partial charge in [0.2, 0.25) is 5.82 Å². The molecule has 0 spiro atoms. The first-order chi connectivity index (χ1) is 12.8. The van der Waals surface area contributed by atoms with E-state index in [9.17, 15) is 0 Å². The summed E-state index contributed by atoms with van der Waals surface area (Å²) >= 11 is 0. The number of nitrogens with two attached hydrogens (primary N) is 1. The van der Waals surface area contributed by atoms with Gasteiger partial charge >= 0.3 is 0 Å². The number of aromatic nitrogens is 2. The highest BCUT2D eigenvalue weighted by Gasteiger charge is 2.27. The molecule has 0 saturated heterocycles. The van der Waals surface area contributed by atoms with Crippen LogP contribution >= 0.6 is 0 Å². The smallest absolute Gasteiger partial charge is 0.260 e. The van der Waals surface area contributed by atoms with Gasteiger partial charge in [-0.05, 0) is 24.0 Å². The second kappa shape index (κ2) is 7.81. The van der Waals surface area contributed by atoms with E-state index < -0.39 is 0 Å². The van der Waals surface area contributed by atoms with E-state index in [2.05, 4.69) is 10.1 Å². The first-order valence-electron chi connectivity index (χ1n) is 9.17. The number of nitrogens with zero attached hydrogens (tertiary/aromatic N) is 2. The van der Waals surface area contributed by atoms with E-state index in [4.69, 9.17) is 15.0 Å². The Labute approximate surface area is 153 Å². The highest BCUT2D eigenvalue weighted by Crippen LogP contribution is 2.32. The highest BCUT2D eigenvalue weighted by atomic mass is 16.5. The van der Waals surface area contributed by atoms with Gasteiger partial charge in [-0.2, -0.15) is 4.98 Å². The Bertz CT molecular complexity index is 824. The third-order valence-corrected chi connectivity index (χ3v) is 4.85. The molecule has 26 heavy (non-hydrogen) atoms. The van der Waals surface area contributed by atoms with E-state index in [1.165, 1.54) is 12.8 Å². The predicted molar refractivity (Wildman–Crippen MR) is 99.3 cm³/mol. The molecule has 134 valence electrons. The number of hydrogen-bond acceptors (Lipinski definition) is 5. The lowest BCUT2D eigenvalue weighted by molar-refractivity contribution is -0.00315. The molecule has 1 aliphatic carbocycles. The maximum Gasteiger partial charge on any atom is 0.260 e. The minimum Gasteiger partial charge on any atom is -0.360 e. The van der Waals surface area contributed by atoms with Gasteiger partial charge in [-0.15, -0.1) is 0 Å². The first kappa shape index (κ1) is 16.9. The van der Waals surface area contributed by atoms with Crippen LogP contribution in [-0.4, -0.2) is 16.2 Å². The van der Waals surface area contributed by atoms with Gasteiger partial charge in [0.15, 0.2) is 6.10 Å². The van der Waals surface area contributed by atoms with Crippen LogP contribution in [-0.2, 0) is 11.3 Å². The number of ether oxygens (including phenoxy) is 1. The van der Waals surface area contributed by atoms with Crippen molar-refractivity contribution in [3.63, 3.8) is 0 Å². The summed E-state index contributed by atoms with van der Waals surface area (Å²) in [5, 5.41) is 4.17. The summed E-state index contributed by atoms with van der Waals surface area (Å²) in [7, 11) is 0. The van der Waals surface area contributed by atoms with E-state index in [0.29, 0.717) is 18.3 Å². The third-order valence-electron chi connectivity index (χ3n) is 4.85. The van der Waals surface area contributed by atoms with Crippen LogP contribution in [0.5, 0.6) is 0 Å². The Morgan fingerprint density at radius 3 is 2.46 bits per heavy atom. The lowest BCUT2D eigenvalue weighted by Gasteiger charge is -2.19. The molecule has 1 aromatic heterocycles.